The number of ether oxygens (including phenoxy) is 1. The first-order chi connectivity index (χ1) is 7.24. The maximum atomic E-state index is 5.86. The molecular formula is C12H20N2O. The number of nitrogens with zero attached hydrogens (tertiary/aromatic N) is 1. The molecule has 2 N–H and O–H groups in total. The molecule has 0 atom stereocenters. The second-order valence-electron chi connectivity index (χ2n) is 3.74. The third-order valence-electron chi connectivity index (χ3n) is 2.50. The van der Waals surface area contributed by atoms with E-state index in [9.17, 15) is 0 Å². The number of para-hydroxylation sites is 1. The minimum Gasteiger partial charge on any atom is -0.399 e. The van der Waals surface area contributed by atoms with Gasteiger partial charge in [0.15, 0.2) is 0 Å². The number of nitrogens with two attached hydrogens (primary N) is 1. The molecule has 0 aliphatic rings. The van der Waals surface area contributed by atoms with Crippen LogP contribution in [0.3, 0.4) is 0 Å². The van der Waals surface area contributed by atoms with Gasteiger partial charge in [-0.05, 0) is 25.1 Å². The van der Waals surface area contributed by atoms with Crippen LogP contribution in [-0.2, 0) is 11.2 Å². The topological polar surface area (TPSA) is 38.5 Å². The second kappa shape index (κ2) is 6.43. The van der Waals surface area contributed by atoms with Gasteiger partial charge in [0, 0.05) is 25.9 Å². The van der Waals surface area contributed by atoms with Crippen molar-refractivity contribution in [3.05, 3.63) is 29.8 Å². The van der Waals surface area contributed by atoms with E-state index in [1.807, 2.05) is 18.2 Å². The summed E-state index contributed by atoms with van der Waals surface area (Å²) in [4.78, 5) is 2.25. The highest BCUT2D eigenvalue weighted by Crippen LogP contribution is 2.11. The van der Waals surface area contributed by atoms with Gasteiger partial charge in [0.2, 0.25) is 0 Å². The number of hydrogen-bond acceptors (Lipinski definition) is 3. The Labute approximate surface area is 91.8 Å². The number of anilines is 1. The number of methoxy groups -OCH3 is 1. The van der Waals surface area contributed by atoms with Crippen LogP contribution < -0.4 is 5.73 Å². The number of rotatable bonds is 6. The Kier molecular flexibility index (Phi) is 5.15. The maximum Gasteiger partial charge on any atom is 0.0589 e. The Bertz CT molecular complexity index is 289. The minimum absolute atomic E-state index is 0.779. The Morgan fingerprint density at radius 2 is 2.00 bits per heavy atom. The van der Waals surface area contributed by atoms with Gasteiger partial charge < -0.3 is 15.4 Å². The molecule has 0 heterocycles. The molecule has 84 valence electrons. The molecule has 1 aromatic rings. The third kappa shape index (κ3) is 4.32. The number of likely N-dealkylation sites (N-methyl/N-ethyl adjacent to an activating group) is 1. The summed E-state index contributed by atoms with van der Waals surface area (Å²) >= 11 is 0. The predicted molar refractivity (Wildman–Crippen MR) is 63.9 cm³/mol. The van der Waals surface area contributed by atoms with Crippen molar-refractivity contribution in [2.45, 2.75) is 6.42 Å². The summed E-state index contributed by atoms with van der Waals surface area (Å²) in [5.41, 5.74) is 7.97. The summed E-state index contributed by atoms with van der Waals surface area (Å²) in [6.07, 6.45) is 0.993. The quantitative estimate of drug-likeness (QED) is 0.718. The van der Waals surface area contributed by atoms with E-state index >= 15 is 0 Å². The summed E-state index contributed by atoms with van der Waals surface area (Å²) in [5, 5.41) is 0. The molecule has 0 aliphatic carbocycles. The Morgan fingerprint density at radius 1 is 1.27 bits per heavy atom. The van der Waals surface area contributed by atoms with Crippen molar-refractivity contribution in [2.24, 2.45) is 0 Å². The van der Waals surface area contributed by atoms with Crippen molar-refractivity contribution in [3.8, 4) is 0 Å². The average Bonchev–Trinajstić information content (AvgIpc) is 2.25. The van der Waals surface area contributed by atoms with Crippen LogP contribution in [0.5, 0.6) is 0 Å². The maximum absolute atomic E-state index is 5.86. The lowest BCUT2D eigenvalue weighted by atomic mass is 10.1. The summed E-state index contributed by atoms with van der Waals surface area (Å²) in [5.74, 6) is 0. The van der Waals surface area contributed by atoms with Crippen LogP contribution in [0.1, 0.15) is 5.56 Å². The Morgan fingerprint density at radius 3 is 2.67 bits per heavy atom. The van der Waals surface area contributed by atoms with Crippen LogP contribution in [0.4, 0.5) is 5.69 Å². The highest BCUT2D eigenvalue weighted by Gasteiger charge is 2.01. The van der Waals surface area contributed by atoms with Crippen molar-refractivity contribution in [2.75, 3.05) is 39.6 Å². The van der Waals surface area contributed by atoms with Crippen LogP contribution in [0, 0.1) is 0 Å². The molecular weight excluding hydrogens is 188 g/mol. The van der Waals surface area contributed by atoms with E-state index in [0.29, 0.717) is 0 Å². The second-order valence-corrected chi connectivity index (χ2v) is 3.74. The fraction of sp³-hybridized carbons (Fsp3) is 0.500. The lowest BCUT2D eigenvalue weighted by molar-refractivity contribution is 0.162. The highest BCUT2D eigenvalue weighted by atomic mass is 16.5. The smallest absolute Gasteiger partial charge is 0.0589 e. The summed E-state index contributed by atoms with van der Waals surface area (Å²) in [6.45, 7) is 2.75. The third-order valence-corrected chi connectivity index (χ3v) is 2.50. The summed E-state index contributed by atoms with van der Waals surface area (Å²) in [6, 6.07) is 8.03. The van der Waals surface area contributed by atoms with Gasteiger partial charge in [0.1, 0.15) is 0 Å². The molecule has 0 spiro atoms. The average molecular weight is 208 g/mol. The molecule has 3 nitrogen and oxygen atoms in total. The van der Waals surface area contributed by atoms with E-state index in [-0.39, 0.29) is 0 Å². The number of benzene rings is 1. The van der Waals surface area contributed by atoms with Gasteiger partial charge in [-0.2, -0.15) is 0 Å². The predicted octanol–water partition coefficient (Wildman–Crippen LogP) is 1.39. The van der Waals surface area contributed by atoms with Crippen molar-refractivity contribution < 1.29 is 4.74 Å². The van der Waals surface area contributed by atoms with E-state index < -0.39 is 0 Å². The lowest BCUT2D eigenvalue weighted by Gasteiger charge is -2.16. The van der Waals surface area contributed by atoms with Crippen LogP contribution >= 0.6 is 0 Å². The van der Waals surface area contributed by atoms with Crippen LogP contribution in [0.25, 0.3) is 0 Å². The van der Waals surface area contributed by atoms with E-state index in [4.69, 9.17) is 10.5 Å². The monoisotopic (exact) mass is 208 g/mol. The van der Waals surface area contributed by atoms with Gasteiger partial charge in [-0.15, -0.1) is 0 Å². The number of hydrogen-bond donors (Lipinski definition) is 1. The fourth-order valence-corrected chi connectivity index (χ4v) is 1.43. The first kappa shape index (κ1) is 12.0. The van der Waals surface area contributed by atoms with Gasteiger partial charge in [-0.25, -0.2) is 0 Å². The lowest BCUT2D eigenvalue weighted by Crippen LogP contribution is -2.25. The minimum atomic E-state index is 0.779. The van der Waals surface area contributed by atoms with E-state index in [0.717, 1.165) is 31.8 Å². The largest absolute Gasteiger partial charge is 0.399 e. The normalized spacial score (nSPS) is 10.9. The molecule has 0 saturated carbocycles. The molecule has 1 rings (SSSR count). The van der Waals surface area contributed by atoms with Gasteiger partial charge in [-0.3, -0.25) is 0 Å². The molecule has 0 saturated heterocycles. The molecule has 15 heavy (non-hydrogen) atoms. The summed E-state index contributed by atoms with van der Waals surface area (Å²) < 4.78 is 5.02. The zero-order valence-electron chi connectivity index (χ0n) is 9.57. The van der Waals surface area contributed by atoms with Gasteiger partial charge in [0.05, 0.1) is 6.61 Å². The van der Waals surface area contributed by atoms with Crippen LogP contribution in [0.2, 0.25) is 0 Å². The Hall–Kier alpha value is -1.06. The molecule has 0 bridgehead atoms. The van der Waals surface area contributed by atoms with Crippen molar-refractivity contribution in [1.82, 2.24) is 4.90 Å². The fourth-order valence-electron chi connectivity index (χ4n) is 1.43. The Balaban J connectivity index is 2.33. The molecule has 0 unspecified atom stereocenters. The van der Waals surface area contributed by atoms with E-state index in [1.165, 1.54) is 5.56 Å². The molecule has 0 aliphatic heterocycles. The number of nitrogen functional groups attached to an aromatic ring is 1. The van der Waals surface area contributed by atoms with E-state index in [1.54, 1.807) is 7.11 Å². The molecule has 0 fully saturated rings. The molecule has 1 aromatic carbocycles. The molecule has 0 amide bonds. The van der Waals surface area contributed by atoms with Crippen molar-refractivity contribution >= 4 is 5.69 Å². The van der Waals surface area contributed by atoms with Gasteiger partial charge in [0.25, 0.3) is 0 Å². The molecule has 3 heteroatoms. The standard InChI is InChI=1S/C12H20N2O/c1-14(9-10-15-2)8-7-11-5-3-4-6-12(11)13/h3-6H,7-10,13H2,1-2H3. The molecule has 0 aromatic heterocycles. The zero-order valence-corrected chi connectivity index (χ0v) is 9.57. The van der Waals surface area contributed by atoms with Crippen LogP contribution in [0.15, 0.2) is 24.3 Å². The van der Waals surface area contributed by atoms with Crippen LogP contribution in [-0.4, -0.2) is 38.8 Å². The highest BCUT2D eigenvalue weighted by molar-refractivity contribution is 5.46. The first-order valence-corrected chi connectivity index (χ1v) is 5.25. The zero-order chi connectivity index (χ0) is 11.1. The van der Waals surface area contributed by atoms with Gasteiger partial charge in [-0.1, -0.05) is 18.2 Å². The van der Waals surface area contributed by atoms with Crippen molar-refractivity contribution in [1.29, 1.82) is 0 Å². The summed E-state index contributed by atoms with van der Waals surface area (Å²) in [7, 11) is 3.82. The van der Waals surface area contributed by atoms with Gasteiger partial charge >= 0.3 is 0 Å². The SMILES string of the molecule is COCCN(C)CCc1ccccc1N. The van der Waals surface area contributed by atoms with E-state index in [2.05, 4.69) is 18.0 Å². The first-order valence-electron chi connectivity index (χ1n) is 5.25. The molecule has 0 radical (unpaired) electrons. The van der Waals surface area contributed by atoms with Crippen molar-refractivity contribution in [3.63, 3.8) is 0 Å².